The van der Waals surface area contributed by atoms with Gasteiger partial charge in [0.2, 0.25) is 11.8 Å². The van der Waals surface area contributed by atoms with Gasteiger partial charge in [0.15, 0.2) is 0 Å². The van der Waals surface area contributed by atoms with Gasteiger partial charge >= 0.3 is 0 Å². The summed E-state index contributed by atoms with van der Waals surface area (Å²) < 4.78 is 0. The van der Waals surface area contributed by atoms with Gasteiger partial charge in [0.25, 0.3) is 0 Å². The number of carbonyl (C=O) groups excluding carboxylic acids is 2. The first-order chi connectivity index (χ1) is 13.9. The van der Waals surface area contributed by atoms with Crippen LogP contribution in [-0.2, 0) is 22.4 Å². The molecule has 0 saturated carbocycles. The van der Waals surface area contributed by atoms with Crippen molar-refractivity contribution in [1.29, 1.82) is 0 Å². The summed E-state index contributed by atoms with van der Waals surface area (Å²) in [6, 6.07) is 16.9. The van der Waals surface area contributed by atoms with E-state index in [1.165, 1.54) is 0 Å². The first-order valence-electron chi connectivity index (χ1n) is 10.3. The SMILES string of the molecule is CC[C@H](C(=O)NCC(C)C)N(CCc1ccccc1)C(=O)Cc1ccccc1Cl. The summed E-state index contributed by atoms with van der Waals surface area (Å²) in [5.41, 5.74) is 1.92. The third kappa shape index (κ3) is 7.21. The van der Waals surface area contributed by atoms with Crippen molar-refractivity contribution in [2.75, 3.05) is 13.1 Å². The molecule has 0 unspecified atom stereocenters. The summed E-state index contributed by atoms with van der Waals surface area (Å²) in [4.78, 5) is 27.8. The summed E-state index contributed by atoms with van der Waals surface area (Å²) in [5, 5.41) is 3.55. The molecule has 0 bridgehead atoms. The average molecular weight is 415 g/mol. The molecule has 1 atom stereocenters. The van der Waals surface area contributed by atoms with Crippen LogP contribution in [0.5, 0.6) is 0 Å². The predicted molar refractivity (Wildman–Crippen MR) is 119 cm³/mol. The molecule has 1 N–H and O–H groups in total. The van der Waals surface area contributed by atoms with Crippen LogP contribution in [-0.4, -0.2) is 35.8 Å². The molecule has 0 saturated heterocycles. The Bertz CT molecular complexity index is 792. The number of nitrogens with one attached hydrogen (secondary N) is 1. The number of hydrogen-bond donors (Lipinski definition) is 1. The molecular weight excluding hydrogens is 384 g/mol. The smallest absolute Gasteiger partial charge is 0.242 e. The van der Waals surface area contributed by atoms with E-state index in [2.05, 4.69) is 19.2 Å². The maximum absolute atomic E-state index is 13.2. The maximum Gasteiger partial charge on any atom is 0.242 e. The van der Waals surface area contributed by atoms with Crippen LogP contribution < -0.4 is 5.32 Å². The van der Waals surface area contributed by atoms with Crippen molar-refractivity contribution in [3.63, 3.8) is 0 Å². The van der Waals surface area contributed by atoms with Gasteiger partial charge in [-0.3, -0.25) is 9.59 Å². The molecule has 2 rings (SSSR count). The fourth-order valence-electron chi connectivity index (χ4n) is 3.22. The van der Waals surface area contributed by atoms with Crippen LogP contribution in [0.15, 0.2) is 54.6 Å². The number of amides is 2. The zero-order valence-corrected chi connectivity index (χ0v) is 18.3. The van der Waals surface area contributed by atoms with Crippen LogP contribution in [0.2, 0.25) is 5.02 Å². The highest BCUT2D eigenvalue weighted by Crippen LogP contribution is 2.18. The first-order valence-corrected chi connectivity index (χ1v) is 10.6. The normalized spacial score (nSPS) is 11.9. The van der Waals surface area contributed by atoms with E-state index in [4.69, 9.17) is 11.6 Å². The summed E-state index contributed by atoms with van der Waals surface area (Å²) in [6.45, 7) is 7.13. The van der Waals surface area contributed by atoms with Gasteiger partial charge in [0.05, 0.1) is 6.42 Å². The third-order valence-corrected chi connectivity index (χ3v) is 5.22. The first kappa shape index (κ1) is 23.0. The van der Waals surface area contributed by atoms with Gasteiger partial charge in [-0.2, -0.15) is 0 Å². The topological polar surface area (TPSA) is 49.4 Å². The summed E-state index contributed by atoms with van der Waals surface area (Å²) in [5.74, 6) is 0.176. The molecule has 0 aliphatic carbocycles. The fourth-order valence-corrected chi connectivity index (χ4v) is 3.43. The van der Waals surface area contributed by atoms with E-state index in [9.17, 15) is 9.59 Å². The number of nitrogens with zero attached hydrogens (tertiary/aromatic N) is 1. The van der Waals surface area contributed by atoms with Crippen LogP contribution in [0.3, 0.4) is 0 Å². The van der Waals surface area contributed by atoms with Gasteiger partial charge in [0, 0.05) is 18.1 Å². The van der Waals surface area contributed by atoms with Gasteiger partial charge in [-0.1, -0.05) is 80.9 Å². The Morgan fingerprint density at radius 3 is 2.31 bits per heavy atom. The molecule has 0 aromatic heterocycles. The van der Waals surface area contributed by atoms with Gasteiger partial charge < -0.3 is 10.2 Å². The number of halogens is 1. The van der Waals surface area contributed by atoms with Crippen LogP contribution in [0.1, 0.15) is 38.3 Å². The lowest BCUT2D eigenvalue weighted by molar-refractivity contribution is -0.140. The zero-order valence-electron chi connectivity index (χ0n) is 17.5. The Kier molecular flexibility index (Phi) is 9.20. The lowest BCUT2D eigenvalue weighted by Crippen LogP contribution is -2.51. The van der Waals surface area contributed by atoms with Crippen molar-refractivity contribution >= 4 is 23.4 Å². The Balaban J connectivity index is 2.19. The molecule has 4 nitrogen and oxygen atoms in total. The van der Waals surface area contributed by atoms with E-state index in [-0.39, 0.29) is 18.2 Å². The molecule has 0 fully saturated rings. The van der Waals surface area contributed by atoms with Crippen molar-refractivity contribution in [2.24, 2.45) is 5.92 Å². The maximum atomic E-state index is 13.2. The molecule has 2 amide bonds. The highest BCUT2D eigenvalue weighted by molar-refractivity contribution is 6.31. The Hall–Kier alpha value is -2.33. The fraction of sp³-hybridized carbons (Fsp3) is 0.417. The van der Waals surface area contributed by atoms with Crippen molar-refractivity contribution in [3.05, 3.63) is 70.7 Å². The molecule has 0 aliphatic rings. The molecule has 0 heterocycles. The van der Waals surface area contributed by atoms with E-state index >= 15 is 0 Å². The van der Waals surface area contributed by atoms with E-state index in [0.29, 0.717) is 36.9 Å². The zero-order chi connectivity index (χ0) is 21.2. The monoisotopic (exact) mass is 414 g/mol. The molecule has 29 heavy (non-hydrogen) atoms. The molecule has 2 aromatic carbocycles. The second-order valence-electron chi connectivity index (χ2n) is 7.65. The predicted octanol–water partition coefficient (Wildman–Crippen LogP) is 4.50. The Morgan fingerprint density at radius 1 is 1.03 bits per heavy atom. The standard InChI is InChI=1S/C24H31ClN2O2/c1-4-22(24(29)26-17-18(2)3)27(15-14-19-10-6-5-7-11-19)23(28)16-20-12-8-9-13-21(20)25/h5-13,18,22H,4,14-17H2,1-3H3,(H,26,29)/t22-/m1/s1. The number of benzene rings is 2. The molecule has 2 aromatic rings. The largest absolute Gasteiger partial charge is 0.354 e. The molecule has 0 radical (unpaired) electrons. The van der Waals surface area contributed by atoms with Crippen LogP contribution in [0.4, 0.5) is 0 Å². The van der Waals surface area contributed by atoms with Crippen LogP contribution in [0, 0.1) is 5.92 Å². The summed E-state index contributed by atoms with van der Waals surface area (Å²) >= 11 is 6.26. The minimum absolute atomic E-state index is 0.0828. The number of carbonyl (C=O) groups is 2. The van der Waals surface area contributed by atoms with E-state index in [0.717, 1.165) is 11.1 Å². The van der Waals surface area contributed by atoms with Crippen molar-refractivity contribution < 1.29 is 9.59 Å². The minimum Gasteiger partial charge on any atom is -0.354 e. The van der Waals surface area contributed by atoms with Gasteiger partial charge in [-0.05, 0) is 36.0 Å². The Morgan fingerprint density at radius 2 is 1.69 bits per heavy atom. The molecule has 5 heteroatoms. The number of rotatable bonds is 10. The molecule has 0 spiro atoms. The van der Waals surface area contributed by atoms with E-state index in [1.54, 1.807) is 11.0 Å². The third-order valence-electron chi connectivity index (χ3n) is 4.85. The quantitative estimate of drug-likeness (QED) is 0.622. The minimum atomic E-state index is -0.493. The van der Waals surface area contributed by atoms with Crippen LogP contribution >= 0.6 is 11.6 Å². The van der Waals surface area contributed by atoms with Crippen LogP contribution in [0.25, 0.3) is 0 Å². The van der Waals surface area contributed by atoms with Crippen molar-refractivity contribution in [2.45, 2.75) is 46.1 Å². The van der Waals surface area contributed by atoms with Crippen molar-refractivity contribution in [3.8, 4) is 0 Å². The van der Waals surface area contributed by atoms with Gasteiger partial charge in [-0.25, -0.2) is 0 Å². The van der Waals surface area contributed by atoms with E-state index < -0.39 is 6.04 Å². The van der Waals surface area contributed by atoms with Crippen molar-refractivity contribution in [1.82, 2.24) is 10.2 Å². The lowest BCUT2D eigenvalue weighted by atomic mass is 10.1. The van der Waals surface area contributed by atoms with Gasteiger partial charge in [-0.15, -0.1) is 0 Å². The average Bonchev–Trinajstić information content (AvgIpc) is 2.71. The highest BCUT2D eigenvalue weighted by atomic mass is 35.5. The molecule has 0 aliphatic heterocycles. The molecular formula is C24H31ClN2O2. The highest BCUT2D eigenvalue weighted by Gasteiger charge is 2.28. The second-order valence-corrected chi connectivity index (χ2v) is 8.06. The van der Waals surface area contributed by atoms with E-state index in [1.807, 2.05) is 55.5 Å². The number of hydrogen-bond acceptors (Lipinski definition) is 2. The second kappa shape index (κ2) is 11.6. The van der Waals surface area contributed by atoms with Gasteiger partial charge in [0.1, 0.15) is 6.04 Å². The Labute approximate surface area is 179 Å². The molecule has 156 valence electrons. The summed E-state index contributed by atoms with van der Waals surface area (Å²) in [7, 11) is 0. The summed E-state index contributed by atoms with van der Waals surface area (Å²) in [6.07, 6.45) is 1.44. The lowest BCUT2D eigenvalue weighted by Gasteiger charge is -2.31.